The second-order valence-electron chi connectivity index (χ2n) is 8.08. The van der Waals surface area contributed by atoms with Gasteiger partial charge in [-0.1, -0.05) is 18.2 Å². The van der Waals surface area contributed by atoms with Gasteiger partial charge in [-0.2, -0.15) is 0 Å². The molecule has 0 spiro atoms. The first-order valence-electron chi connectivity index (χ1n) is 10.9. The fourth-order valence-corrected chi connectivity index (χ4v) is 4.29. The number of hydrogen-bond donors (Lipinski definition) is 1. The van der Waals surface area contributed by atoms with E-state index in [0.29, 0.717) is 42.3 Å². The Labute approximate surface area is 186 Å². The van der Waals surface area contributed by atoms with Crippen LogP contribution in [0.25, 0.3) is 0 Å². The highest BCUT2D eigenvalue weighted by Crippen LogP contribution is 2.29. The van der Waals surface area contributed by atoms with Crippen LogP contribution in [0.3, 0.4) is 0 Å². The van der Waals surface area contributed by atoms with Crippen LogP contribution in [0.5, 0.6) is 5.75 Å². The molecular weight excluding hydrogens is 412 g/mol. The number of fused-ring (bicyclic) bond motifs is 1. The first kappa shape index (κ1) is 22.0. The van der Waals surface area contributed by atoms with Crippen LogP contribution in [-0.4, -0.2) is 65.0 Å². The molecule has 3 heterocycles. The number of H-pyrrole nitrogens is 1. The first-order valence-corrected chi connectivity index (χ1v) is 10.9. The van der Waals surface area contributed by atoms with Crippen molar-refractivity contribution in [2.45, 2.75) is 38.3 Å². The van der Waals surface area contributed by atoms with Crippen molar-refractivity contribution in [1.29, 1.82) is 0 Å². The van der Waals surface area contributed by atoms with E-state index in [0.717, 1.165) is 19.3 Å². The summed E-state index contributed by atoms with van der Waals surface area (Å²) in [5, 5.41) is 0. The number of carbonyl (C=O) groups is 2. The monoisotopic (exact) mass is 440 g/mol. The SMILES string of the molecule is COCC(=O)N1CCc2nc([C@H]3CCCCN3C(=O)COc3ccccc3)[nH]c(=O)c2C1. The van der Waals surface area contributed by atoms with E-state index >= 15 is 0 Å². The van der Waals surface area contributed by atoms with E-state index in [9.17, 15) is 14.4 Å². The zero-order valence-corrected chi connectivity index (χ0v) is 18.2. The van der Waals surface area contributed by atoms with E-state index in [1.807, 2.05) is 30.3 Å². The van der Waals surface area contributed by atoms with Crippen molar-refractivity contribution in [2.75, 3.05) is 33.4 Å². The molecule has 0 radical (unpaired) electrons. The number of aromatic amines is 1. The molecule has 1 fully saturated rings. The predicted octanol–water partition coefficient (Wildman–Crippen LogP) is 1.43. The number of rotatable bonds is 6. The normalized spacial score (nSPS) is 18.2. The third kappa shape index (κ3) is 4.83. The van der Waals surface area contributed by atoms with E-state index in [1.54, 1.807) is 9.80 Å². The lowest BCUT2D eigenvalue weighted by molar-refractivity contribution is -0.138. The summed E-state index contributed by atoms with van der Waals surface area (Å²) in [5.74, 6) is 0.875. The Hall–Kier alpha value is -3.20. The molecule has 2 aliphatic heterocycles. The van der Waals surface area contributed by atoms with Crippen molar-refractivity contribution < 1.29 is 19.1 Å². The van der Waals surface area contributed by atoms with E-state index in [-0.39, 0.29) is 43.2 Å². The summed E-state index contributed by atoms with van der Waals surface area (Å²) in [4.78, 5) is 48.9. The number of hydrogen-bond acceptors (Lipinski definition) is 6. The van der Waals surface area contributed by atoms with Gasteiger partial charge in [0.15, 0.2) is 6.61 Å². The Bertz CT molecular complexity index is 1020. The average molecular weight is 441 g/mol. The number of piperidine rings is 1. The highest BCUT2D eigenvalue weighted by atomic mass is 16.5. The lowest BCUT2D eigenvalue weighted by Crippen LogP contribution is -2.44. The van der Waals surface area contributed by atoms with Gasteiger partial charge >= 0.3 is 0 Å². The van der Waals surface area contributed by atoms with Crippen molar-refractivity contribution in [3.8, 4) is 5.75 Å². The lowest BCUT2D eigenvalue weighted by atomic mass is 10.00. The van der Waals surface area contributed by atoms with Gasteiger partial charge in [0.25, 0.3) is 11.5 Å². The summed E-state index contributed by atoms with van der Waals surface area (Å²) in [7, 11) is 1.47. The minimum absolute atomic E-state index is 0.0110. The van der Waals surface area contributed by atoms with Crippen LogP contribution in [0.15, 0.2) is 35.1 Å². The van der Waals surface area contributed by atoms with Gasteiger partial charge in [0.2, 0.25) is 5.91 Å². The number of benzene rings is 1. The van der Waals surface area contributed by atoms with Gasteiger partial charge in [-0.15, -0.1) is 0 Å². The number of likely N-dealkylation sites (tertiary alicyclic amines) is 1. The molecule has 9 heteroatoms. The summed E-state index contributed by atoms with van der Waals surface area (Å²) in [6, 6.07) is 8.93. The van der Waals surface area contributed by atoms with Gasteiger partial charge in [-0.3, -0.25) is 14.4 Å². The highest BCUT2D eigenvalue weighted by Gasteiger charge is 2.32. The molecule has 2 aliphatic rings. The minimum atomic E-state index is -0.290. The van der Waals surface area contributed by atoms with Crippen molar-refractivity contribution in [2.24, 2.45) is 0 Å². The quantitative estimate of drug-likeness (QED) is 0.729. The second kappa shape index (κ2) is 9.95. The fraction of sp³-hybridized carbons (Fsp3) is 0.478. The van der Waals surface area contributed by atoms with Crippen molar-refractivity contribution in [3.05, 3.63) is 57.8 Å². The largest absolute Gasteiger partial charge is 0.484 e. The second-order valence-corrected chi connectivity index (χ2v) is 8.08. The highest BCUT2D eigenvalue weighted by molar-refractivity contribution is 5.78. The van der Waals surface area contributed by atoms with Crippen LogP contribution in [0.4, 0.5) is 0 Å². The fourth-order valence-electron chi connectivity index (χ4n) is 4.29. The number of methoxy groups -OCH3 is 1. The van der Waals surface area contributed by atoms with Gasteiger partial charge in [-0.25, -0.2) is 4.98 Å². The number of nitrogens with one attached hydrogen (secondary N) is 1. The average Bonchev–Trinajstić information content (AvgIpc) is 2.83. The number of para-hydroxylation sites is 1. The van der Waals surface area contributed by atoms with Gasteiger partial charge in [-0.05, 0) is 31.4 Å². The van der Waals surface area contributed by atoms with Crippen LogP contribution >= 0.6 is 0 Å². The van der Waals surface area contributed by atoms with E-state index in [4.69, 9.17) is 14.5 Å². The summed E-state index contributed by atoms with van der Waals surface area (Å²) in [6.07, 6.45) is 3.09. The summed E-state index contributed by atoms with van der Waals surface area (Å²) < 4.78 is 10.6. The number of ether oxygens (including phenoxy) is 2. The maximum atomic E-state index is 12.9. The Morgan fingerprint density at radius 1 is 1.12 bits per heavy atom. The third-order valence-corrected chi connectivity index (χ3v) is 5.95. The van der Waals surface area contributed by atoms with Crippen LogP contribution in [-0.2, 0) is 27.3 Å². The number of nitrogens with zero attached hydrogens (tertiary/aromatic N) is 3. The van der Waals surface area contributed by atoms with Crippen molar-refractivity contribution in [3.63, 3.8) is 0 Å². The zero-order valence-electron chi connectivity index (χ0n) is 18.2. The van der Waals surface area contributed by atoms with Gasteiger partial charge in [0.05, 0.1) is 23.8 Å². The van der Waals surface area contributed by atoms with E-state index < -0.39 is 0 Å². The molecule has 2 amide bonds. The molecule has 1 saturated heterocycles. The van der Waals surface area contributed by atoms with Crippen LogP contribution in [0, 0.1) is 0 Å². The third-order valence-electron chi connectivity index (χ3n) is 5.95. The maximum Gasteiger partial charge on any atom is 0.261 e. The lowest BCUT2D eigenvalue weighted by Gasteiger charge is -2.35. The number of carbonyl (C=O) groups excluding carboxylic acids is 2. The van der Waals surface area contributed by atoms with Crippen LogP contribution in [0.1, 0.15) is 42.4 Å². The standard InChI is InChI=1S/C23H28N4O5/c1-31-14-20(28)26-12-10-18-17(13-26)23(30)25-22(24-18)19-9-5-6-11-27(19)21(29)15-32-16-7-3-2-4-8-16/h2-4,7-8,19H,5-6,9-15H2,1H3,(H,24,25,30)/t19-/m1/s1. The molecule has 32 heavy (non-hydrogen) atoms. The van der Waals surface area contributed by atoms with Crippen molar-refractivity contribution >= 4 is 11.8 Å². The molecule has 1 N–H and O–H groups in total. The predicted molar refractivity (Wildman–Crippen MR) is 116 cm³/mol. The minimum Gasteiger partial charge on any atom is -0.484 e. The first-order chi connectivity index (χ1) is 15.6. The number of amides is 2. The molecule has 0 saturated carbocycles. The molecule has 1 aromatic heterocycles. The Balaban J connectivity index is 1.50. The molecule has 0 unspecified atom stereocenters. The molecule has 170 valence electrons. The van der Waals surface area contributed by atoms with Gasteiger partial charge in [0, 0.05) is 26.6 Å². The summed E-state index contributed by atoms with van der Waals surface area (Å²) in [5.41, 5.74) is 0.952. The summed E-state index contributed by atoms with van der Waals surface area (Å²) >= 11 is 0. The molecule has 1 aromatic carbocycles. The van der Waals surface area contributed by atoms with Crippen LogP contribution in [0.2, 0.25) is 0 Å². The molecule has 0 aliphatic carbocycles. The van der Waals surface area contributed by atoms with Gasteiger partial charge < -0.3 is 24.3 Å². The summed E-state index contributed by atoms with van der Waals surface area (Å²) in [6.45, 7) is 1.23. The molecular formula is C23H28N4O5. The maximum absolute atomic E-state index is 12.9. The molecule has 4 rings (SSSR count). The van der Waals surface area contributed by atoms with Gasteiger partial charge in [0.1, 0.15) is 18.2 Å². The molecule has 2 aromatic rings. The zero-order chi connectivity index (χ0) is 22.5. The number of aromatic nitrogens is 2. The smallest absolute Gasteiger partial charge is 0.261 e. The van der Waals surface area contributed by atoms with E-state index in [1.165, 1.54) is 7.11 Å². The molecule has 9 nitrogen and oxygen atoms in total. The van der Waals surface area contributed by atoms with Crippen molar-refractivity contribution in [1.82, 2.24) is 19.8 Å². The molecule has 0 bridgehead atoms. The Kier molecular flexibility index (Phi) is 6.84. The van der Waals surface area contributed by atoms with Crippen LogP contribution < -0.4 is 10.3 Å². The Morgan fingerprint density at radius 2 is 1.94 bits per heavy atom. The van der Waals surface area contributed by atoms with E-state index in [2.05, 4.69) is 4.98 Å². The Morgan fingerprint density at radius 3 is 2.72 bits per heavy atom. The topological polar surface area (TPSA) is 105 Å². The molecule has 1 atom stereocenters.